The number of benzene rings is 1. The first-order valence-electron chi connectivity index (χ1n) is 5.28. The van der Waals surface area contributed by atoms with Crippen LogP contribution in [0.15, 0.2) is 24.3 Å². The van der Waals surface area contributed by atoms with Gasteiger partial charge in [0.2, 0.25) is 0 Å². The van der Waals surface area contributed by atoms with Crippen molar-refractivity contribution in [1.29, 1.82) is 0 Å². The Balaban J connectivity index is 2.06. The zero-order chi connectivity index (χ0) is 12.3. The van der Waals surface area contributed by atoms with Gasteiger partial charge in [-0.1, -0.05) is 12.1 Å². The van der Waals surface area contributed by atoms with Crippen molar-refractivity contribution in [3.05, 3.63) is 24.3 Å². The third-order valence-electron chi connectivity index (χ3n) is 2.53. The number of urea groups is 1. The predicted octanol–water partition coefficient (Wildman–Crippen LogP) is 0.484. The van der Waals surface area contributed by atoms with Crippen molar-refractivity contribution in [3.8, 4) is 5.75 Å². The lowest BCUT2D eigenvalue weighted by Gasteiger charge is -2.29. The predicted molar refractivity (Wildman–Crippen MR) is 62.8 cm³/mol. The summed E-state index contributed by atoms with van der Waals surface area (Å²) in [6, 6.07) is 6.74. The van der Waals surface area contributed by atoms with Crippen LogP contribution in [0.5, 0.6) is 5.75 Å². The van der Waals surface area contributed by atoms with Gasteiger partial charge in [0.15, 0.2) is 0 Å². The van der Waals surface area contributed by atoms with Gasteiger partial charge >= 0.3 is 6.03 Å². The van der Waals surface area contributed by atoms with Crippen LogP contribution < -0.4 is 20.9 Å². The second-order valence-corrected chi connectivity index (χ2v) is 3.73. The molecule has 17 heavy (non-hydrogen) atoms. The topological polar surface area (TPSA) is 76.8 Å². The van der Waals surface area contributed by atoms with E-state index in [1.54, 1.807) is 18.2 Å². The van der Waals surface area contributed by atoms with E-state index >= 15 is 0 Å². The molecular formula is C11H15N3O3. The van der Waals surface area contributed by atoms with E-state index in [1.165, 1.54) is 7.11 Å². The fraction of sp³-hybridized carbons (Fsp3) is 0.364. The Morgan fingerprint density at radius 3 is 2.82 bits per heavy atom. The Kier molecular flexibility index (Phi) is 3.46. The van der Waals surface area contributed by atoms with Gasteiger partial charge in [0, 0.05) is 0 Å². The smallest absolute Gasteiger partial charge is 0.336 e. The summed E-state index contributed by atoms with van der Waals surface area (Å²) in [5, 5.41) is 3.79. The quantitative estimate of drug-likeness (QED) is 0.455. The number of amides is 2. The molecule has 0 aliphatic carbocycles. The fourth-order valence-corrected chi connectivity index (χ4v) is 1.50. The Hall–Kier alpha value is -1.79. The molecular weight excluding hydrogens is 222 g/mol. The molecule has 6 heteroatoms. The molecule has 2 amide bonds. The molecule has 92 valence electrons. The first-order valence-corrected chi connectivity index (χ1v) is 5.28. The van der Waals surface area contributed by atoms with Crippen LogP contribution in [0.1, 0.15) is 0 Å². The van der Waals surface area contributed by atoms with Gasteiger partial charge in [0.25, 0.3) is 0 Å². The van der Waals surface area contributed by atoms with Crippen LogP contribution in [0.2, 0.25) is 0 Å². The highest BCUT2D eigenvalue weighted by atomic mass is 16.5. The van der Waals surface area contributed by atoms with Crippen LogP contribution in [0.3, 0.4) is 0 Å². The SMILES string of the molecule is COc1ccccc1N(N)C(=O)NC1COC1. The van der Waals surface area contributed by atoms with Gasteiger partial charge in [-0.05, 0) is 12.1 Å². The third-order valence-corrected chi connectivity index (χ3v) is 2.53. The first-order chi connectivity index (χ1) is 8.22. The van der Waals surface area contributed by atoms with Crippen molar-refractivity contribution in [2.75, 3.05) is 25.3 Å². The van der Waals surface area contributed by atoms with E-state index in [0.717, 1.165) is 5.01 Å². The molecule has 3 N–H and O–H groups in total. The normalized spacial score (nSPS) is 14.9. The number of ether oxygens (including phenoxy) is 2. The summed E-state index contributed by atoms with van der Waals surface area (Å²) in [6.07, 6.45) is 0. The summed E-state index contributed by atoms with van der Waals surface area (Å²) >= 11 is 0. The molecule has 0 aromatic heterocycles. The highest BCUT2D eigenvalue weighted by molar-refractivity contribution is 5.92. The Morgan fingerprint density at radius 1 is 1.53 bits per heavy atom. The van der Waals surface area contributed by atoms with E-state index < -0.39 is 0 Å². The number of carbonyl (C=O) groups is 1. The zero-order valence-electron chi connectivity index (χ0n) is 9.55. The summed E-state index contributed by atoms with van der Waals surface area (Å²) < 4.78 is 10.1. The van der Waals surface area contributed by atoms with Gasteiger partial charge in [0.1, 0.15) is 11.4 Å². The van der Waals surface area contributed by atoms with Crippen molar-refractivity contribution < 1.29 is 14.3 Å². The number of nitrogens with zero attached hydrogens (tertiary/aromatic N) is 1. The molecule has 1 aromatic rings. The number of methoxy groups -OCH3 is 1. The number of rotatable bonds is 3. The number of nitrogens with two attached hydrogens (primary N) is 1. The second-order valence-electron chi connectivity index (χ2n) is 3.73. The van der Waals surface area contributed by atoms with Gasteiger partial charge in [0.05, 0.1) is 26.4 Å². The lowest BCUT2D eigenvalue weighted by Crippen LogP contribution is -2.55. The maximum Gasteiger partial charge on any atom is 0.336 e. The van der Waals surface area contributed by atoms with Gasteiger partial charge < -0.3 is 14.8 Å². The molecule has 2 rings (SSSR count). The lowest BCUT2D eigenvalue weighted by atomic mass is 10.2. The van der Waals surface area contributed by atoms with Crippen LogP contribution in [-0.4, -0.2) is 32.4 Å². The molecule has 0 unspecified atom stereocenters. The minimum Gasteiger partial charge on any atom is -0.495 e. The number of hydrogen-bond donors (Lipinski definition) is 2. The van der Waals surface area contributed by atoms with Crippen molar-refractivity contribution in [2.24, 2.45) is 5.84 Å². The largest absolute Gasteiger partial charge is 0.495 e. The highest BCUT2D eigenvalue weighted by Crippen LogP contribution is 2.25. The van der Waals surface area contributed by atoms with Gasteiger partial charge in [-0.3, -0.25) is 0 Å². The summed E-state index contributed by atoms with van der Waals surface area (Å²) in [7, 11) is 1.53. The van der Waals surface area contributed by atoms with E-state index in [-0.39, 0.29) is 12.1 Å². The van der Waals surface area contributed by atoms with E-state index in [2.05, 4.69) is 5.32 Å². The van der Waals surface area contributed by atoms with Crippen molar-refractivity contribution in [2.45, 2.75) is 6.04 Å². The molecule has 1 fully saturated rings. The number of hydrazine groups is 1. The Morgan fingerprint density at radius 2 is 2.24 bits per heavy atom. The van der Waals surface area contributed by atoms with E-state index in [4.69, 9.17) is 15.3 Å². The third kappa shape index (κ3) is 2.48. The molecule has 0 spiro atoms. The summed E-state index contributed by atoms with van der Waals surface area (Å²) in [5.41, 5.74) is 0.521. The number of hydrogen-bond acceptors (Lipinski definition) is 4. The lowest BCUT2D eigenvalue weighted by molar-refractivity contribution is 0.000372. The zero-order valence-corrected chi connectivity index (χ0v) is 9.55. The summed E-state index contributed by atoms with van der Waals surface area (Å²) in [6.45, 7) is 1.07. The maximum atomic E-state index is 11.8. The molecule has 1 aromatic carbocycles. The molecule has 6 nitrogen and oxygen atoms in total. The van der Waals surface area contributed by atoms with Crippen LogP contribution in [-0.2, 0) is 4.74 Å². The molecule has 0 bridgehead atoms. The Bertz CT molecular complexity index is 407. The van der Waals surface area contributed by atoms with Crippen LogP contribution in [0, 0.1) is 0 Å². The number of nitrogens with one attached hydrogen (secondary N) is 1. The standard InChI is InChI=1S/C11H15N3O3/c1-16-10-5-3-2-4-9(10)14(12)11(15)13-8-6-17-7-8/h2-5,8H,6-7,12H2,1H3,(H,13,15). The molecule has 0 radical (unpaired) electrons. The summed E-state index contributed by atoms with van der Waals surface area (Å²) in [4.78, 5) is 11.8. The van der Waals surface area contributed by atoms with Gasteiger partial charge in [-0.25, -0.2) is 15.6 Å². The molecule has 0 atom stereocenters. The van der Waals surface area contributed by atoms with Crippen molar-refractivity contribution in [1.82, 2.24) is 5.32 Å². The first kappa shape index (κ1) is 11.7. The minimum absolute atomic E-state index is 0.0447. The monoisotopic (exact) mass is 237 g/mol. The molecule has 1 saturated heterocycles. The van der Waals surface area contributed by atoms with Gasteiger partial charge in [-0.2, -0.15) is 0 Å². The van der Waals surface area contributed by atoms with Crippen LogP contribution >= 0.6 is 0 Å². The average molecular weight is 237 g/mol. The number of para-hydroxylation sites is 2. The van der Waals surface area contributed by atoms with E-state index in [1.807, 2.05) is 6.07 Å². The van der Waals surface area contributed by atoms with Crippen molar-refractivity contribution in [3.63, 3.8) is 0 Å². The minimum atomic E-state index is -0.372. The van der Waals surface area contributed by atoms with E-state index in [9.17, 15) is 4.79 Å². The van der Waals surface area contributed by atoms with Crippen LogP contribution in [0.4, 0.5) is 10.5 Å². The molecule has 1 heterocycles. The maximum absolute atomic E-state index is 11.8. The van der Waals surface area contributed by atoms with Crippen molar-refractivity contribution >= 4 is 11.7 Å². The molecule has 0 saturated carbocycles. The average Bonchev–Trinajstić information content (AvgIpc) is 2.32. The number of anilines is 1. The Labute approximate surface area is 99.3 Å². The van der Waals surface area contributed by atoms with Crippen LogP contribution in [0.25, 0.3) is 0 Å². The molecule has 1 aliphatic heterocycles. The summed E-state index contributed by atoms with van der Waals surface area (Å²) in [5.74, 6) is 6.29. The van der Waals surface area contributed by atoms with Gasteiger partial charge in [-0.15, -0.1) is 0 Å². The molecule has 1 aliphatic rings. The number of carbonyl (C=O) groups excluding carboxylic acids is 1. The van der Waals surface area contributed by atoms with E-state index in [0.29, 0.717) is 24.7 Å². The fourth-order valence-electron chi connectivity index (χ4n) is 1.50. The second kappa shape index (κ2) is 5.03. The highest BCUT2D eigenvalue weighted by Gasteiger charge is 2.23.